The Hall–Kier alpha value is -3.54. The number of benzene rings is 2. The molecule has 0 fully saturated rings. The Morgan fingerprint density at radius 3 is 2.81 bits per heavy atom. The number of carbonyl (C=O) groups is 1. The van der Waals surface area contributed by atoms with Crippen LogP contribution in [0.4, 0.5) is 10.1 Å². The number of amides is 1. The molecule has 0 atom stereocenters. The van der Waals surface area contributed by atoms with Gasteiger partial charge in [-0.05, 0) is 36.8 Å². The van der Waals surface area contributed by atoms with Gasteiger partial charge in [0, 0.05) is 29.3 Å². The average Bonchev–Trinajstić information content (AvgIpc) is 3.01. The fourth-order valence-corrected chi connectivity index (χ4v) is 3.04. The van der Waals surface area contributed by atoms with E-state index in [0.717, 1.165) is 17.0 Å². The van der Waals surface area contributed by atoms with Crippen molar-refractivity contribution in [1.82, 2.24) is 14.4 Å². The van der Waals surface area contributed by atoms with E-state index in [1.165, 1.54) is 6.07 Å². The highest BCUT2D eigenvalue weighted by Crippen LogP contribution is 2.25. The van der Waals surface area contributed by atoms with Crippen molar-refractivity contribution in [3.05, 3.63) is 84.1 Å². The van der Waals surface area contributed by atoms with Gasteiger partial charge in [0.1, 0.15) is 5.82 Å². The van der Waals surface area contributed by atoms with Crippen molar-refractivity contribution in [3.63, 3.8) is 0 Å². The molecule has 0 aliphatic carbocycles. The molecule has 0 unspecified atom stereocenters. The first kappa shape index (κ1) is 16.9. The number of halogens is 1. The molecule has 0 aliphatic rings. The van der Waals surface area contributed by atoms with Gasteiger partial charge in [-0.2, -0.15) is 0 Å². The van der Waals surface area contributed by atoms with E-state index in [9.17, 15) is 9.18 Å². The second-order valence-electron chi connectivity index (χ2n) is 6.23. The van der Waals surface area contributed by atoms with Crippen LogP contribution in [-0.4, -0.2) is 20.3 Å². The molecule has 27 heavy (non-hydrogen) atoms. The van der Waals surface area contributed by atoms with Gasteiger partial charge in [0.2, 0.25) is 11.7 Å². The summed E-state index contributed by atoms with van der Waals surface area (Å²) in [6.07, 6.45) is 3.59. The quantitative estimate of drug-likeness (QED) is 0.598. The molecule has 1 amide bonds. The Labute approximate surface area is 155 Å². The first-order chi connectivity index (χ1) is 13.1. The monoisotopic (exact) mass is 360 g/mol. The van der Waals surface area contributed by atoms with Gasteiger partial charge >= 0.3 is 0 Å². The van der Waals surface area contributed by atoms with E-state index in [-0.39, 0.29) is 18.1 Å². The van der Waals surface area contributed by atoms with E-state index < -0.39 is 0 Å². The maximum Gasteiger partial charge on any atom is 0.234 e. The minimum Gasteiger partial charge on any atom is -0.326 e. The van der Waals surface area contributed by atoms with Crippen molar-refractivity contribution in [2.24, 2.45) is 0 Å². The minimum atomic E-state index is -0.380. The number of imidazole rings is 1. The average molecular weight is 360 g/mol. The lowest BCUT2D eigenvalue weighted by molar-refractivity contribution is -0.115. The van der Waals surface area contributed by atoms with Crippen molar-refractivity contribution < 1.29 is 9.18 Å². The molecule has 2 heterocycles. The van der Waals surface area contributed by atoms with Crippen LogP contribution >= 0.6 is 0 Å². The molecule has 0 radical (unpaired) electrons. The van der Waals surface area contributed by atoms with Crippen LogP contribution in [0.3, 0.4) is 0 Å². The van der Waals surface area contributed by atoms with Gasteiger partial charge < -0.3 is 5.32 Å². The van der Waals surface area contributed by atoms with Crippen LogP contribution in [0.1, 0.15) is 11.3 Å². The van der Waals surface area contributed by atoms with Crippen LogP contribution in [0.2, 0.25) is 0 Å². The predicted octanol–water partition coefficient (Wildman–Crippen LogP) is 4.03. The molecule has 0 saturated heterocycles. The highest BCUT2D eigenvalue weighted by atomic mass is 19.1. The Bertz CT molecular complexity index is 1140. The summed E-state index contributed by atoms with van der Waals surface area (Å²) in [5, 5.41) is 2.83. The van der Waals surface area contributed by atoms with Crippen LogP contribution in [0.25, 0.3) is 17.0 Å². The van der Waals surface area contributed by atoms with E-state index in [4.69, 9.17) is 0 Å². The highest BCUT2D eigenvalue weighted by Gasteiger charge is 2.12. The number of carbonyl (C=O) groups excluding carboxylic acids is 1. The smallest absolute Gasteiger partial charge is 0.234 e. The van der Waals surface area contributed by atoms with Gasteiger partial charge in [-0.3, -0.25) is 9.20 Å². The van der Waals surface area contributed by atoms with E-state index in [0.29, 0.717) is 17.0 Å². The van der Waals surface area contributed by atoms with E-state index in [1.54, 1.807) is 30.5 Å². The molecule has 134 valence electrons. The van der Waals surface area contributed by atoms with Crippen molar-refractivity contribution in [3.8, 4) is 11.3 Å². The molecule has 6 heteroatoms. The van der Waals surface area contributed by atoms with Crippen LogP contribution in [0, 0.1) is 12.7 Å². The maximum absolute atomic E-state index is 13.7. The standard InChI is InChI=1S/C21H17FN4O/c1-14-20(25-21-23-10-5-11-26(14)21)16-7-4-8-17(12-16)24-19(27)13-15-6-2-3-9-18(15)22/h2-12H,13H2,1H3,(H,24,27). The summed E-state index contributed by atoms with van der Waals surface area (Å²) in [5.41, 5.74) is 3.65. The third-order valence-corrected chi connectivity index (χ3v) is 4.37. The van der Waals surface area contributed by atoms with Crippen LogP contribution in [0.5, 0.6) is 0 Å². The molecule has 2 aromatic carbocycles. The zero-order valence-corrected chi connectivity index (χ0v) is 14.7. The summed E-state index contributed by atoms with van der Waals surface area (Å²) in [5.74, 6) is -0.0288. The molecule has 5 nitrogen and oxygen atoms in total. The zero-order chi connectivity index (χ0) is 18.8. The Morgan fingerprint density at radius 2 is 2.00 bits per heavy atom. The number of anilines is 1. The summed E-state index contributed by atoms with van der Waals surface area (Å²) < 4.78 is 15.6. The van der Waals surface area contributed by atoms with Crippen LogP contribution in [-0.2, 0) is 11.2 Å². The van der Waals surface area contributed by atoms with Gasteiger partial charge in [-0.1, -0.05) is 30.3 Å². The number of hydrogen-bond acceptors (Lipinski definition) is 3. The second kappa shape index (κ2) is 6.99. The number of nitrogens with zero attached hydrogens (tertiary/aromatic N) is 3. The van der Waals surface area contributed by atoms with E-state index in [1.807, 2.05) is 41.8 Å². The SMILES string of the molecule is Cc1c(-c2cccc(NC(=O)Cc3ccccc3F)c2)nc2ncccn12. The maximum atomic E-state index is 13.7. The summed E-state index contributed by atoms with van der Waals surface area (Å²) in [6.45, 7) is 1.97. The summed E-state index contributed by atoms with van der Waals surface area (Å²) in [7, 11) is 0. The molecule has 0 saturated carbocycles. The largest absolute Gasteiger partial charge is 0.326 e. The number of nitrogens with one attached hydrogen (secondary N) is 1. The molecule has 0 bridgehead atoms. The Balaban J connectivity index is 1.58. The van der Waals surface area contributed by atoms with E-state index >= 15 is 0 Å². The molecule has 1 N–H and O–H groups in total. The summed E-state index contributed by atoms with van der Waals surface area (Å²) in [6, 6.07) is 15.6. The van der Waals surface area contributed by atoms with Gasteiger partial charge in [0.05, 0.1) is 12.1 Å². The first-order valence-electron chi connectivity index (χ1n) is 8.55. The highest BCUT2D eigenvalue weighted by molar-refractivity contribution is 5.93. The van der Waals surface area contributed by atoms with Gasteiger partial charge in [-0.25, -0.2) is 14.4 Å². The van der Waals surface area contributed by atoms with Crippen molar-refractivity contribution in [2.75, 3.05) is 5.32 Å². The first-order valence-corrected chi connectivity index (χ1v) is 8.55. The number of aromatic nitrogens is 3. The molecule has 4 rings (SSSR count). The van der Waals surface area contributed by atoms with E-state index in [2.05, 4.69) is 15.3 Å². The molecule has 0 aliphatic heterocycles. The summed E-state index contributed by atoms with van der Waals surface area (Å²) in [4.78, 5) is 21.1. The van der Waals surface area contributed by atoms with Crippen molar-refractivity contribution in [2.45, 2.75) is 13.3 Å². The molecule has 2 aromatic heterocycles. The third kappa shape index (κ3) is 3.42. The topological polar surface area (TPSA) is 59.3 Å². The number of hydrogen-bond donors (Lipinski definition) is 1. The lowest BCUT2D eigenvalue weighted by Crippen LogP contribution is -2.15. The lowest BCUT2D eigenvalue weighted by atomic mass is 10.1. The molecule has 0 spiro atoms. The number of aryl methyl sites for hydroxylation is 1. The number of fused-ring (bicyclic) bond motifs is 1. The fourth-order valence-electron chi connectivity index (χ4n) is 3.04. The number of rotatable bonds is 4. The Kier molecular flexibility index (Phi) is 4.38. The minimum absolute atomic E-state index is 0.0196. The second-order valence-corrected chi connectivity index (χ2v) is 6.23. The fraction of sp³-hybridized carbons (Fsp3) is 0.0952. The van der Waals surface area contributed by atoms with Gasteiger partial charge in [0.25, 0.3) is 0 Å². The lowest BCUT2D eigenvalue weighted by Gasteiger charge is -2.08. The zero-order valence-electron chi connectivity index (χ0n) is 14.7. The molecular weight excluding hydrogens is 343 g/mol. The van der Waals surface area contributed by atoms with Crippen LogP contribution in [0.15, 0.2) is 67.0 Å². The normalized spacial score (nSPS) is 10.9. The van der Waals surface area contributed by atoms with Crippen molar-refractivity contribution in [1.29, 1.82) is 0 Å². The van der Waals surface area contributed by atoms with Gasteiger partial charge in [-0.15, -0.1) is 0 Å². The van der Waals surface area contributed by atoms with Gasteiger partial charge in [0.15, 0.2) is 0 Å². The molecule has 4 aromatic rings. The predicted molar refractivity (Wildman–Crippen MR) is 102 cm³/mol. The molecular formula is C21H17FN4O. The third-order valence-electron chi connectivity index (χ3n) is 4.37. The van der Waals surface area contributed by atoms with Crippen molar-refractivity contribution >= 4 is 17.4 Å². The summed E-state index contributed by atoms with van der Waals surface area (Å²) >= 11 is 0. The Morgan fingerprint density at radius 1 is 1.15 bits per heavy atom. The van der Waals surface area contributed by atoms with Crippen LogP contribution < -0.4 is 5.32 Å².